The minimum Gasteiger partial charge on any atom is -0.339 e. The van der Waals surface area contributed by atoms with Crippen molar-refractivity contribution in [3.8, 4) is 0 Å². The van der Waals surface area contributed by atoms with Crippen LogP contribution >= 0.6 is 0 Å². The van der Waals surface area contributed by atoms with Crippen molar-refractivity contribution in [1.82, 2.24) is 14.7 Å². The second kappa shape index (κ2) is 7.85. The number of imide groups is 1. The zero-order chi connectivity index (χ0) is 22.4. The molecular weight excluding hydrogens is 413 g/mol. The minimum absolute atomic E-state index is 0.0618. The molecule has 1 saturated heterocycles. The predicted octanol–water partition coefficient (Wildman–Crippen LogP) is 1.90. The Hall–Kier alpha value is -3.55. The number of carbonyl (C=O) groups is 4. The number of piperazine rings is 1. The molecule has 2 aliphatic heterocycles. The third-order valence-corrected chi connectivity index (χ3v) is 6.52. The molecule has 0 spiro atoms. The summed E-state index contributed by atoms with van der Waals surface area (Å²) < 4.78 is 13.1. The Morgan fingerprint density at radius 3 is 2.00 bits per heavy atom. The average molecular weight is 435 g/mol. The Bertz CT molecular complexity index is 1070. The van der Waals surface area contributed by atoms with Crippen LogP contribution in [-0.4, -0.2) is 71.1 Å². The smallest absolute Gasteiger partial charge is 0.262 e. The minimum atomic E-state index is -0.451. The molecule has 2 heterocycles. The van der Waals surface area contributed by atoms with Gasteiger partial charge in [0, 0.05) is 32.1 Å². The van der Waals surface area contributed by atoms with Gasteiger partial charge in [-0.05, 0) is 42.2 Å². The van der Waals surface area contributed by atoms with Gasteiger partial charge in [-0.2, -0.15) is 0 Å². The van der Waals surface area contributed by atoms with Crippen molar-refractivity contribution < 1.29 is 23.6 Å². The summed E-state index contributed by atoms with van der Waals surface area (Å²) in [7, 11) is 0. The highest BCUT2D eigenvalue weighted by molar-refractivity contribution is 6.22. The fraction of sp³-hybridized carbons (Fsp3) is 0.333. The van der Waals surface area contributed by atoms with Gasteiger partial charge in [-0.3, -0.25) is 24.1 Å². The van der Waals surface area contributed by atoms with E-state index in [1.807, 2.05) is 0 Å². The van der Waals surface area contributed by atoms with Crippen LogP contribution in [0.25, 0.3) is 0 Å². The Balaban J connectivity index is 1.14. The zero-order valence-corrected chi connectivity index (χ0v) is 17.4. The van der Waals surface area contributed by atoms with Gasteiger partial charge in [0.15, 0.2) is 0 Å². The first-order chi connectivity index (χ1) is 15.4. The lowest BCUT2D eigenvalue weighted by Crippen LogP contribution is -2.53. The highest BCUT2D eigenvalue weighted by atomic mass is 19.1. The van der Waals surface area contributed by atoms with E-state index in [0.717, 1.165) is 16.9 Å². The first kappa shape index (κ1) is 20.4. The molecule has 0 radical (unpaired) electrons. The Kier molecular flexibility index (Phi) is 5.00. The molecule has 2 aromatic carbocycles. The first-order valence-corrected chi connectivity index (χ1v) is 10.7. The summed E-state index contributed by atoms with van der Waals surface area (Å²) >= 11 is 0. The van der Waals surface area contributed by atoms with Crippen LogP contribution in [0.15, 0.2) is 48.5 Å². The van der Waals surface area contributed by atoms with Crippen LogP contribution in [0.3, 0.4) is 0 Å². The molecule has 0 bridgehead atoms. The van der Waals surface area contributed by atoms with Gasteiger partial charge in [0.25, 0.3) is 11.8 Å². The summed E-state index contributed by atoms with van der Waals surface area (Å²) in [5.74, 6) is -1.41. The van der Waals surface area contributed by atoms with E-state index in [2.05, 4.69) is 0 Å². The van der Waals surface area contributed by atoms with Gasteiger partial charge in [-0.25, -0.2) is 4.39 Å². The lowest BCUT2D eigenvalue weighted by atomic mass is 10.1. The highest BCUT2D eigenvalue weighted by Gasteiger charge is 2.46. The molecule has 8 heteroatoms. The van der Waals surface area contributed by atoms with E-state index in [1.54, 1.807) is 46.2 Å². The molecule has 2 aromatic rings. The average Bonchev–Trinajstić information content (AvgIpc) is 3.58. The number of nitrogens with zero attached hydrogens (tertiary/aromatic N) is 3. The zero-order valence-electron chi connectivity index (χ0n) is 17.4. The topological polar surface area (TPSA) is 78.0 Å². The number of hydrogen-bond donors (Lipinski definition) is 0. The van der Waals surface area contributed by atoms with Crippen molar-refractivity contribution >= 4 is 23.6 Å². The fourth-order valence-electron chi connectivity index (χ4n) is 4.58. The van der Waals surface area contributed by atoms with Crippen LogP contribution in [-0.2, 0) is 9.59 Å². The molecule has 164 valence electrons. The van der Waals surface area contributed by atoms with Crippen molar-refractivity contribution in [3.05, 3.63) is 71.0 Å². The molecule has 0 unspecified atom stereocenters. The normalized spacial score (nSPS) is 22.2. The predicted molar refractivity (Wildman–Crippen MR) is 112 cm³/mol. The lowest BCUT2D eigenvalue weighted by molar-refractivity contribution is -0.140. The summed E-state index contributed by atoms with van der Waals surface area (Å²) in [4.78, 5) is 54.9. The van der Waals surface area contributed by atoms with Crippen molar-refractivity contribution in [2.24, 2.45) is 5.92 Å². The van der Waals surface area contributed by atoms with Crippen LogP contribution in [0.4, 0.5) is 4.39 Å². The number of fused-ring (bicyclic) bond motifs is 1. The van der Waals surface area contributed by atoms with Crippen LogP contribution in [0, 0.1) is 11.7 Å². The molecule has 2 atom stereocenters. The maximum Gasteiger partial charge on any atom is 0.262 e. The SMILES string of the molecule is O=C(CN1C(=O)c2ccccc2C1=O)N1CCN(C(=O)[C@@H]2C[C@@H]2c2ccc(F)cc2)CC1. The molecule has 2 fully saturated rings. The largest absolute Gasteiger partial charge is 0.339 e. The number of rotatable bonds is 4. The Morgan fingerprint density at radius 2 is 1.41 bits per heavy atom. The third kappa shape index (κ3) is 3.55. The summed E-state index contributed by atoms with van der Waals surface area (Å²) in [6.07, 6.45) is 0.753. The van der Waals surface area contributed by atoms with Crippen molar-refractivity contribution in [2.75, 3.05) is 32.7 Å². The highest BCUT2D eigenvalue weighted by Crippen LogP contribution is 2.48. The summed E-state index contributed by atoms with van der Waals surface area (Å²) in [6.45, 7) is 1.26. The molecule has 1 saturated carbocycles. The number of carbonyl (C=O) groups excluding carboxylic acids is 4. The molecule has 7 nitrogen and oxygen atoms in total. The fourth-order valence-corrected chi connectivity index (χ4v) is 4.58. The number of amides is 4. The van der Waals surface area contributed by atoms with Gasteiger partial charge in [0.05, 0.1) is 11.1 Å². The molecule has 0 aromatic heterocycles. The van der Waals surface area contributed by atoms with Crippen LogP contribution in [0.2, 0.25) is 0 Å². The quantitative estimate of drug-likeness (QED) is 0.688. The van der Waals surface area contributed by atoms with Crippen LogP contribution in [0.5, 0.6) is 0 Å². The number of halogens is 1. The van der Waals surface area contributed by atoms with E-state index in [-0.39, 0.29) is 36.0 Å². The molecule has 3 aliphatic rings. The van der Waals surface area contributed by atoms with E-state index in [9.17, 15) is 23.6 Å². The van der Waals surface area contributed by atoms with Gasteiger partial charge >= 0.3 is 0 Å². The molecule has 1 aliphatic carbocycles. The van der Waals surface area contributed by atoms with Gasteiger partial charge in [0.1, 0.15) is 12.4 Å². The second-order valence-electron chi connectivity index (χ2n) is 8.45. The van der Waals surface area contributed by atoms with E-state index in [0.29, 0.717) is 37.3 Å². The standard InChI is InChI=1S/C24H22FN3O4/c25-16-7-5-15(6-8-16)19-13-20(19)22(30)27-11-9-26(10-12-27)21(29)14-28-23(31)17-3-1-2-4-18(17)24(28)32/h1-8,19-20H,9-14H2/t19-,20-/m1/s1. The van der Waals surface area contributed by atoms with Gasteiger partial charge in [0.2, 0.25) is 11.8 Å². The maximum atomic E-state index is 13.1. The lowest BCUT2D eigenvalue weighted by Gasteiger charge is -2.35. The van der Waals surface area contributed by atoms with E-state index < -0.39 is 11.8 Å². The van der Waals surface area contributed by atoms with Crippen molar-refractivity contribution in [3.63, 3.8) is 0 Å². The monoisotopic (exact) mass is 435 g/mol. The molecule has 4 amide bonds. The summed E-state index contributed by atoms with van der Waals surface area (Å²) in [6, 6.07) is 12.8. The van der Waals surface area contributed by atoms with E-state index in [4.69, 9.17) is 0 Å². The Morgan fingerprint density at radius 1 is 0.844 bits per heavy atom. The number of benzene rings is 2. The van der Waals surface area contributed by atoms with Gasteiger partial charge in [-0.1, -0.05) is 24.3 Å². The molecule has 32 heavy (non-hydrogen) atoms. The Labute approximate surface area is 184 Å². The molecule has 0 N–H and O–H groups in total. The van der Waals surface area contributed by atoms with Gasteiger partial charge in [-0.15, -0.1) is 0 Å². The van der Waals surface area contributed by atoms with Crippen LogP contribution in [0.1, 0.15) is 38.6 Å². The number of hydrogen-bond acceptors (Lipinski definition) is 4. The van der Waals surface area contributed by atoms with Crippen LogP contribution < -0.4 is 0 Å². The third-order valence-electron chi connectivity index (χ3n) is 6.52. The summed E-state index contributed by atoms with van der Waals surface area (Å²) in [5, 5.41) is 0. The summed E-state index contributed by atoms with van der Waals surface area (Å²) in [5.41, 5.74) is 1.61. The van der Waals surface area contributed by atoms with Crippen molar-refractivity contribution in [2.45, 2.75) is 12.3 Å². The maximum absolute atomic E-state index is 13.1. The van der Waals surface area contributed by atoms with E-state index >= 15 is 0 Å². The van der Waals surface area contributed by atoms with Crippen molar-refractivity contribution in [1.29, 1.82) is 0 Å². The first-order valence-electron chi connectivity index (χ1n) is 10.7. The molecular formula is C24H22FN3O4. The van der Waals surface area contributed by atoms with Gasteiger partial charge < -0.3 is 9.80 Å². The second-order valence-corrected chi connectivity index (χ2v) is 8.45. The van der Waals surface area contributed by atoms with E-state index in [1.165, 1.54) is 12.1 Å². The molecule has 5 rings (SSSR count).